The van der Waals surface area contributed by atoms with E-state index in [1.54, 1.807) is 39.1 Å². The molecule has 0 bridgehead atoms. The number of hydrogen-bond donors (Lipinski definition) is 2. The average molecular weight is 270 g/mol. The summed E-state index contributed by atoms with van der Waals surface area (Å²) >= 11 is 5.70. The topological polar surface area (TPSA) is 71.1 Å². The molecular formula is C12H16ClN3O2. The maximum Gasteiger partial charge on any atom is 0.269 e. The molecule has 0 saturated heterocycles. The summed E-state index contributed by atoms with van der Waals surface area (Å²) in [6, 6.07) is 4.80. The normalized spacial score (nSPS) is 10.9. The number of carbonyl (C=O) groups is 2. The molecule has 1 aromatic rings. The van der Waals surface area contributed by atoms with E-state index in [9.17, 15) is 9.59 Å². The molecule has 0 aromatic carbocycles. The number of aromatic nitrogens is 1. The fourth-order valence-electron chi connectivity index (χ4n) is 1.35. The third-order valence-electron chi connectivity index (χ3n) is 2.48. The Morgan fingerprint density at radius 2 is 2.06 bits per heavy atom. The highest BCUT2D eigenvalue weighted by Crippen LogP contribution is 2.13. The van der Waals surface area contributed by atoms with Gasteiger partial charge < -0.3 is 10.6 Å². The molecule has 6 heteroatoms. The second-order valence-corrected chi connectivity index (χ2v) is 4.88. The zero-order valence-corrected chi connectivity index (χ0v) is 11.3. The lowest BCUT2D eigenvalue weighted by atomic mass is 9.92. The predicted octanol–water partition coefficient (Wildman–Crippen LogP) is 1.24. The fourth-order valence-corrected chi connectivity index (χ4v) is 1.51. The van der Waals surface area contributed by atoms with Crippen LogP contribution in [0.5, 0.6) is 0 Å². The van der Waals surface area contributed by atoms with Gasteiger partial charge in [-0.05, 0) is 26.0 Å². The minimum Gasteiger partial charge on any atom is -0.359 e. The van der Waals surface area contributed by atoms with Gasteiger partial charge in [0.15, 0.2) is 0 Å². The van der Waals surface area contributed by atoms with Gasteiger partial charge in [-0.1, -0.05) is 17.7 Å². The Morgan fingerprint density at radius 3 is 2.61 bits per heavy atom. The highest BCUT2D eigenvalue weighted by Gasteiger charge is 2.27. The van der Waals surface area contributed by atoms with Crippen molar-refractivity contribution in [2.75, 3.05) is 13.6 Å². The molecule has 18 heavy (non-hydrogen) atoms. The molecular weight excluding hydrogens is 254 g/mol. The first-order chi connectivity index (χ1) is 8.36. The van der Waals surface area contributed by atoms with Gasteiger partial charge in [-0.15, -0.1) is 0 Å². The molecule has 0 aliphatic carbocycles. The van der Waals surface area contributed by atoms with Crippen LogP contribution >= 0.6 is 11.6 Å². The molecule has 0 radical (unpaired) electrons. The first-order valence-corrected chi connectivity index (χ1v) is 5.87. The Morgan fingerprint density at radius 1 is 1.39 bits per heavy atom. The van der Waals surface area contributed by atoms with Gasteiger partial charge >= 0.3 is 0 Å². The number of nitrogens with one attached hydrogen (secondary N) is 2. The zero-order valence-electron chi connectivity index (χ0n) is 10.6. The third kappa shape index (κ3) is 3.70. The number of carbonyl (C=O) groups excluding carboxylic acids is 2. The maximum absolute atomic E-state index is 11.8. The van der Waals surface area contributed by atoms with Gasteiger partial charge in [-0.3, -0.25) is 9.59 Å². The number of hydrogen-bond acceptors (Lipinski definition) is 3. The average Bonchev–Trinajstić information content (AvgIpc) is 2.35. The van der Waals surface area contributed by atoms with Gasteiger partial charge in [0.25, 0.3) is 5.91 Å². The van der Waals surface area contributed by atoms with Crippen LogP contribution in [0.25, 0.3) is 0 Å². The summed E-state index contributed by atoms with van der Waals surface area (Å²) < 4.78 is 0. The van der Waals surface area contributed by atoms with Crippen molar-refractivity contribution in [3.05, 3.63) is 29.0 Å². The van der Waals surface area contributed by atoms with E-state index in [2.05, 4.69) is 15.6 Å². The Bertz CT molecular complexity index is 460. The van der Waals surface area contributed by atoms with Crippen molar-refractivity contribution in [1.82, 2.24) is 15.6 Å². The van der Waals surface area contributed by atoms with E-state index < -0.39 is 5.41 Å². The Kier molecular flexibility index (Phi) is 4.67. The van der Waals surface area contributed by atoms with Crippen LogP contribution in [0.1, 0.15) is 24.3 Å². The SMILES string of the molecule is CNC(=O)C(C)(C)CNC(=O)c1cccc(Cl)n1. The summed E-state index contributed by atoms with van der Waals surface area (Å²) in [5.41, 5.74) is -0.446. The predicted molar refractivity (Wildman–Crippen MR) is 69.4 cm³/mol. The molecule has 1 aromatic heterocycles. The molecule has 0 fully saturated rings. The summed E-state index contributed by atoms with van der Waals surface area (Å²) in [5, 5.41) is 5.47. The Hall–Kier alpha value is -1.62. The number of halogens is 1. The van der Waals surface area contributed by atoms with Gasteiger partial charge in [0.05, 0.1) is 5.41 Å². The minimum atomic E-state index is -0.678. The number of nitrogens with zero attached hydrogens (tertiary/aromatic N) is 1. The van der Waals surface area contributed by atoms with Gasteiger partial charge in [-0.2, -0.15) is 0 Å². The first kappa shape index (κ1) is 14.4. The van der Waals surface area contributed by atoms with Crippen LogP contribution in [0, 0.1) is 5.41 Å². The van der Waals surface area contributed by atoms with Crippen molar-refractivity contribution in [2.45, 2.75) is 13.8 Å². The molecule has 0 unspecified atom stereocenters. The number of amides is 2. The molecule has 5 nitrogen and oxygen atoms in total. The molecule has 1 rings (SSSR count). The first-order valence-electron chi connectivity index (χ1n) is 5.50. The lowest BCUT2D eigenvalue weighted by molar-refractivity contribution is -0.128. The smallest absolute Gasteiger partial charge is 0.269 e. The van der Waals surface area contributed by atoms with Crippen LogP contribution < -0.4 is 10.6 Å². The number of rotatable bonds is 4. The van der Waals surface area contributed by atoms with E-state index in [1.807, 2.05) is 0 Å². The van der Waals surface area contributed by atoms with Gasteiger partial charge in [0.2, 0.25) is 5.91 Å². The van der Waals surface area contributed by atoms with E-state index in [1.165, 1.54) is 0 Å². The molecule has 1 heterocycles. The molecule has 0 atom stereocenters. The van der Waals surface area contributed by atoms with Crippen molar-refractivity contribution >= 4 is 23.4 Å². The van der Waals surface area contributed by atoms with Crippen molar-refractivity contribution in [1.29, 1.82) is 0 Å². The number of pyridine rings is 1. The second kappa shape index (κ2) is 5.82. The highest BCUT2D eigenvalue weighted by atomic mass is 35.5. The monoisotopic (exact) mass is 269 g/mol. The van der Waals surface area contributed by atoms with Crippen LogP contribution in [-0.2, 0) is 4.79 Å². The van der Waals surface area contributed by atoms with E-state index in [4.69, 9.17) is 11.6 Å². The minimum absolute atomic E-state index is 0.137. The highest BCUT2D eigenvalue weighted by molar-refractivity contribution is 6.29. The standard InChI is InChI=1S/C12H16ClN3O2/c1-12(2,11(18)14-3)7-15-10(17)8-5-4-6-9(13)16-8/h4-6H,7H2,1-3H3,(H,14,18)(H,15,17). The Labute approximate surface area is 111 Å². The van der Waals surface area contributed by atoms with Crippen LogP contribution in [0.15, 0.2) is 18.2 Å². The van der Waals surface area contributed by atoms with Gasteiger partial charge in [-0.25, -0.2) is 4.98 Å². The summed E-state index contributed by atoms with van der Waals surface area (Å²) in [5.74, 6) is -0.490. The Balaban J connectivity index is 2.64. The summed E-state index contributed by atoms with van der Waals surface area (Å²) in [6.45, 7) is 3.72. The largest absolute Gasteiger partial charge is 0.359 e. The van der Waals surface area contributed by atoms with Crippen LogP contribution in [-0.4, -0.2) is 30.4 Å². The quantitative estimate of drug-likeness (QED) is 0.808. The molecule has 2 N–H and O–H groups in total. The van der Waals surface area contributed by atoms with Crippen molar-refractivity contribution < 1.29 is 9.59 Å². The summed E-state index contributed by atoms with van der Waals surface area (Å²) in [4.78, 5) is 27.2. The van der Waals surface area contributed by atoms with Crippen LogP contribution in [0.4, 0.5) is 0 Å². The molecule has 0 aliphatic rings. The molecule has 0 spiro atoms. The van der Waals surface area contributed by atoms with E-state index in [-0.39, 0.29) is 29.2 Å². The van der Waals surface area contributed by atoms with Crippen LogP contribution in [0.2, 0.25) is 5.15 Å². The maximum atomic E-state index is 11.8. The van der Waals surface area contributed by atoms with E-state index in [0.29, 0.717) is 0 Å². The summed E-state index contributed by atoms with van der Waals surface area (Å²) in [7, 11) is 1.56. The zero-order chi connectivity index (χ0) is 13.8. The molecule has 2 amide bonds. The van der Waals surface area contributed by atoms with E-state index in [0.717, 1.165) is 0 Å². The van der Waals surface area contributed by atoms with Crippen LogP contribution in [0.3, 0.4) is 0 Å². The molecule has 0 saturated carbocycles. The molecule has 98 valence electrons. The van der Waals surface area contributed by atoms with Crippen molar-refractivity contribution in [3.8, 4) is 0 Å². The lowest BCUT2D eigenvalue weighted by Crippen LogP contribution is -2.43. The van der Waals surface area contributed by atoms with Gasteiger partial charge in [0, 0.05) is 13.6 Å². The summed E-state index contributed by atoms with van der Waals surface area (Å²) in [6.07, 6.45) is 0. The third-order valence-corrected chi connectivity index (χ3v) is 2.69. The van der Waals surface area contributed by atoms with E-state index >= 15 is 0 Å². The fraction of sp³-hybridized carbons (Fsp3) is 0.417. The lowest BCUT2D eigenvalue weighted by Gasteiger charge is -2.22. The van der Waals surface area contributed by atoms with Crippen molar-refractivity contribution in [3.63, 3.8) is 0 Å². The molecule has 0 aliphatic heterocycles. The van der Waals surface area contributed by atoms with Crippen molar-refractivity contribution in [2.24, 2.45) is 5.41 Å². The second-order valence-electron chi connectivity index (χ2n) is 4.49. The van der Waals surface area contributed by atoms with Gasteiger partial charge in [0.1, 0.15) is 10.8 Å².